The zero-order valence-corrected chi connectivity index (χ0v) is 12.9. The fourth-order valence-electron chi connectivity index (χ4n) is 2.57. The summed E-state index contributed by atoms with van der Waals surface area (Å²) in [6.07, 6.45) is 2.42. The Balaban J connectivity index is 1.91. The van der Waals surface area contributed by atoms with Gasteiger partial charge >= 0.3 is 0 Å². The fraction of sp³-hybridized carbons (Fsp3) is 0.0455. The van der Waals surface area contributed by atoms with Crippen LogP contribution in [0.15, 0.2) is 97.1 Å². The molecule has 0 N–H and O–H groups in total. The Morgan fingerprint density at radius 2 is 1.00 bits per heavy atom. The topological polar surface area (TPSA) is 17.1 Å². The number of hydrogen-bond acceptors (Lipinski definition) is 1. The first-order chi connectivity index (χ1) is 11.3. The van der Waals surface area contributed by atoms with Crippen LogP contribution in [0, 0.1) is 0 Å². The Bertz CT molecular complexity index is 746. The number of hydrogen-bond donors (Lipinski definition) is 0. The highest BCUT2D eigenvalue weighted by Crippen LogP contribution is 2.24. The molecule has 0 radical (unpaired) electrons. The van der Waals surface area contributed by atoms with Gasteiger partial charge in [-0.25, -0.2) is 0 Å². The number of benzene rings is 3. The summed E-state index contributed by atoms with van der Waals surface area (Å²) in [7, 11) is 0. The van der Waals surface area contributed by atoms with Crippen molar-refractivity contribution in [3.63, 3.8) is 0 Å². The lowest BCUT2D eigenvalue weighted by molar-refractivity contribution is 0.0996. The summed E-state index contributed by atoms with van der Waals surface area (Å²) in [6, 6.07) is 29.8. The average molecular weight is 298 g/mol. The van der Waals surface area contributed by atoms with Crippen LogP contribution in [0.5, 0.6) is 0 Å². The van der Waals surface area contributed by atoms with Crippen molar-refractivity contribution in [3.05, 3.63) is 114 Å². The van der Waals surface area contributed by atoms with E-state index in [4.69, 9.17) is 0 Å². The van der Waals surface area contributed by atoms with Gasteiger partial charge in [-0.05, 0) is 16.7 Å². The second-order valence-corrected chi connectivity index (χ2v) is 5.34. The molecule has 3 rings (SSSR count). The molecule has 0 aliphatic carbocycles. The minimum Gasteiger partial charge on any atom is -0.294 e. The van der Waals surface area contributed by atoms with Gasteiger partial charge in [0, 0.05) is 12.0 Å². The third kappa shape index (κ3) is 3.83. The second-order valence-electron chi connectivity index (χ2n) is 5.34. The van der Waals surface area contributed by atoms with Crippen LogP contribution in [0.4, 0.5) is 0 Å². The molecule has 3 aromatic carbocycles. The molecule has 1 heteroatoms. The van der Waals surface area contributed by atoms with E-state index in [1.807, 2.05) is 72.8 Å². The summed E-state index contributed by atoms with van der Waals surface area (Å²) >= 11 is 0. The third-order valence-corrected chi connectivity index (χ3v) is 3.76. The molecule has 0 atom stereocenters. The molecular weight excluding hydrogens is 280 g/mol. The second kappa shape index (κ2) is 7.37. The average Bonchev–Trinajstić information content (AvgIpc) is 2.64. The first-order valence-electron chi connectivity index (χ1n) is 7.74. The van der Waals surface area contributed by atoms with E-state index in [1.165, 1.54) is 0 Å². The van der Waals surface area contributed by atoms with Gasteiger partial charge < -0.3 is 0 Å². The maximum atomic E-state index is 12.4. The van der Waals surface area contributed by atoms with Crippen molar-refractivity contribution in [3.8, 4) is 0 Å². The van der Waals surface area contributed by atoms with E-state index in [2.05, 4.69) is 24.3 Å². The molecule has 0 aromatic heterocycles. The number of rotatable bonds is 5. The lowest BCUT2D eigenvalue weighted by atomic mass is 9.96. The summed E-state index contributed by atoms with van der Waals surface area (Å²) in [5, 5.41) is 0. The predicted octanol–water partition coefficient (Wildman–Crippen LogP) is 5.39. The summed E-state index contributed by atoms with van der Waals surface area (Å²) in [5.74, 6) is 0.134. The van der Waals surface area contributed by atoms with Gasteiger partial charge in [-0.3, -0.25) is 4.79 Å². The first kappa shape index (κ1) is 15.0. The molecule has 0 aliphatic heterocycles. The Hall–Kier alpha value is -2.93. The highest BCUT2D eigenvalue weighted by molar-refractivity contribution is 5.98. The fourth-order valence-corrected chi connectivity index (χ4v) is 2.57. The van der Waals surface area contributed by atoms with E-state index < -0.39 is 0 Å². The Morgan fingerprint density at radius 3 is 1.43 bits per heavy atom. The van der Waals surface area contributed by atoms with E-state index in [-0.39, 0.29) is 5.78 Å². The van der Waals surface area contributed by atoms with Crippen LogP contribution in [0.2, 0.25) is 0 Å². The first-order valence-corrected chi connectivity index (χ1v) is 7.74. The van der Waals surface area contributed by atoms with Gasteiger partial charge in [-0.15, -0.1) is 0 Å². The molecule has 0 fully saturated rings. The van der Waals surface area contributed by atoms with E-state index in [0.717, 1.165) is 22.3 Å². The predicted molar refractivity (Wildman–Crippen MR) is 95.4 cm³/mol. The van der Waals surface area contributed by atoms with Gasteiger partial charge in [0.15, 0.2) is 5.78 Å². The monoisotopic (exact) mass is 298 g/mol. The normalized spacial score (nSPS) is 10.1. The number of ketones is 1. The smallest absolute Gasteiger partial charge is 0.166 e. The molecule has 0 aliphatic rings. The van der Waals surface area contributed by atoms with Crippen molar-refractivity contribution in [2.24, 2.45) is 0 Å². The number of carbonyl (C=O) groups excluding carboxylic acids is 1. The molecule has 0 bridgehead atoms. The van der Waals surface area contributed by atoms with Crippen molar-refractivity contribution in [2.45, 2.75) is 6.42 Å². The van der Waals surface area contributed by atoms with E-state index in [0.29, 0.717) is 6.42 Å². The van der Waals surface area contributed by atoms with Crippen LogP contribution in [-0.4, -0.2) is 5.78 Å². The van der Waals surface area contributed by atoms with Crippen LogP contribution in [-0.2, 0) is 0 Å². The molecule has 0 saturated heterocycles. The van der Waals surface area contributed by atoms with Gasteiger partial charge in [0.25, 0.3) is 0 Å². The van der Waals surface area contributed by atoms with Gasteiger partial charge in [0.2, 0.25) is 0 Å². The summed E-state index contributed by atoms with van der Waals surface area (Å²) in [6.45, 7) is 0. The lowest BCUT2D eigenvalue weighted by Gasteiger charge is -2.08. The Morgan fingerprint density at radius 1 is 0.609 bits per heavy atom. The highest BCUT2D eigenvalue weighted by atomic mass is 16.1. The molecule has 0 heterocycles. The third-order valence-electron chi connectivity index (χ3n) is 3.76. The minimum absolute atomic E-state index is 0.134. The zero-order chi connectivity index (χ0) is 15.9. The van der Waals surface area contributed by atoms with Crippen molar-refractivity contribution in [2.75, 3.05) is 0 Å². The quantitative estimate of drug-likeness (QED) is 0.577. The van der Waals surface area contributed by atoms with E-state index >= 15 is 0 Å². The number of carbonyl (C=O) groups is 1. The summed E-state index contributed by atoms with van der Waals surface area (Å²) in [5.41, 5.74) is 4.10. The van der Waals surface area contributed by atoms with Gasteiger partial charge in [0.05, 0.1) is 0 Å². The molecule has 3 aromatic rings. The Labute approximate surface area is 136 Å². The maximum absolute atomic E-state index is 12.4. The van der Waals surface area contributed by atoms with Crippen LogP contribution in [0.3, 0.4) is 0 Å². The van der Waals surface area contributed by atoms with Crippen LogP contribution in [0.25, 0.3) is 5.57 Å². The van der Waals surface area contributed by atoms with Gasteiger partial charge in [-0.1, -0.05) is 97.1 Å². The zero-order valence-electron chi connectivity index (χ0n) is 12.9. The SMILES string of the molecule is O=C(CC=C(c1ccccc1)c1ccccc1)c1ccccc1. The molecule has 0 saturated carbocycles. The molecule has 0 unspecified atom stereocenters. The molecule has 0 spiro atoms. The van der Waals surface area contributed by atoms with E-state index in [1.54, 1.807) is 0 Å². The standard InChI is InChI=1S/C22H18O/c23-22(20-14-8-3-9-15-20)17-16-21(18-10-4-1-5-11-18)19-12-6-2-7-13-19/h1-16H,17H2. The van der Waals surface area contributed by atoms with Gasteiger partial charge in [-0.2, -0.15) is 0 Å². The maximum Gasteiger partial charge on any atom is 0.166 e. The minimum atomic E-state index is 0.134. The van der Waals surface area contributed by atoms with Crippen LogP contribution >= 0.6 is 0 Å². The van der Waals surface area contributed by atoms with Crippen molar-refractivity contribution in [1.82, 2.24) is 0 Å². The van der Waals surface area contributed by atoms with Crippen LogP contribution < -0.4 is 0 Å². The molecule has 23 heavy (non-hydrogen) atoms. The van der Waals surface area contributed by atoms with Crippen LogP contribution in [0.1, 0.15) is 27.9 Å². The van der Waals surface area contributed by atoms with Crippen molar-refractivity contribution in [1.29, 1.82) is 0 Å². The Kier molecular flexibility index (Phi) is 4.80. The molecule has 0 amide bonds. The lowest BCUT2D eigenvalue weighted by Crippen LogP contribution is -1.97. The molecule has 1 nitrogen and oxygen atoms in total. The van der Waals surface area contributed by atoms with E-state index in [9.17, 15) is 4.79 Å². The number of allylic oxidation sites excluding steroid dienone is 1. The van der Waals surface area contributed by atoms with Crippen molar-refractivity contribution < 1.29 is 4.79 Å². The van der Waals surface area contributed by atoms with Crippen molar-refractivity contribution >= 4 is 11.4 Å². The number of Topliss-reactive ketones (excluding diaryl/α,β-unsaturated/α-hetero) is 1. The highest BCUT2D eigenvalue weighted by Gasteiger charge is 2.07. The summed E-state index contributed by atoms with van der Waals surface area (Å²) < 4.78 is 0. The summed E-state index contributed by atoms with van der Waals surface area (Å²) in [4.78, 5) is 12.4. The molecular formula is C22H18O. The van der Waals surface area contributed by atoms with Gasteiger partial charge in [0.1, 0.15) is 0 Å². The largest absolute Gasteiger partial charge is 0.294 e. The molecule has 112 valence electrons.